The highest BCUT2D eigenvalue weighted by atomic mass is 35.5. The number of alkyl halides is 2. The molecular formula is C20H25ClF2N6O2. The number of benzene rings is 1. The monoisotopic (exact) mass is 454 g/mol. The number of hydrogen-bond donors (Lipinski definition) is 2. The van der Waals surface area contributed by atoms with Gasteiger partial charge < -0.3 is 16.0 Å². The van der Waals surface area contributed by atoms with E-state index in [-0.39, 0.29) is 24.6 Å². The molecule has 2 heterocycles. The van der Waals surface area contributed by atoms with E-state index >= 15 is 0 Å². The Bertz CT molecular complexity index is 934. The van der Waals surface area contributed by atoms with Crippen molar-refractivity contribution in [2.24, 2.45) is 5.73 Å². The highest BCUT2D eigenvalue weighted by Crippen LogP contribution is 2.27. The summed E-state index contributed by atoms with van der Waals surface area (Å²) < 4.78 is 26.5. The van der Waals surface area contributed by atoms with Crippen LogP contribution in [0.4, 0.5) is 8.78 Å². The summed E-state index contributed by atoms with van der Waals surface area (Å²) in [7, 11) is 0. The number of unbranched alkanes of at least 4 members (excludes halogenated alkanes) is 1. The fourth-order valence-corrected chi connectivity index (χ4v) is 3.46. The summed E-state index contributed by atoms with van der Waals surface area (Å²) in [5, 5.41) is 11.9. The van der Waals surface area contributed by atoms with Crippen LogP contribution in [0.25, 0.3) is 5.69 Å². The van der Waals surface area contributed by atoms with E-state index in [0.29, 0.717) is 42.2 Å². The van der Waals surface area contributed by atoms with Gasteiger partial charge in [0.05, 0.1) is 24.0 Å². The van der Waals surface area contributed by atoms with Crippen LogP contribution in [0.15, 0.2) is 24.3 Å². The number of carbonyl (C=O) groups is 2. The maximum Gasteiger partial charge on any atom is 0.273 e. The molecule has 1 aromatic carbocycles. The first-order valence-electron chi connectivity index (χ1n) is 10.1. The second-order valence-electron chi connectivity index (χ2n) is 7.62. The van der Waals surface area contributed by atoms with Gasteiger partial charge in [0.25, 0.3) is 11.8 Å². The summed E-state index contributed by atoms with van der Waals surface area (Å²) in [5.74, 6) is -3.62. The number of nitrogens with zero attached hydrogens (tertiary/aromatic N) is 4. The topological polar surface area (TPSA) is 106 Å². The van der Waals surface area contributed by atoms with Gasteiger partial charge in [-0.1, -0.05) is 11.6 Å². The summed E-state index contributed by atoms with van der Waals surface area (Å²) in [4.78, 5) is 27.0. The maximum atomic E-state index is 13.2. The minimum Gasteiger partial charge on any atom is -0.351 e. The smallest absolute Gasteiger partial charge is 0.273 e. The lowest BCUT2D eigenvalue weighted by atomic mass is 10.1. The van der Waals surface area contributed by atoms with Crippen LogP contribution < -0.4 is 11.1 Å². The van der Waals surface area contributed by atoms with Gasteiger partial charge in [-0.3, -0.25) is 9.59 Å². The Kier molecular flexibility index (Phi) is 7.22. The lowest BCUT2D eigenvalue weighted by molar-refractivity contribution is -0.133. The van der Waals surface area contributed by atoms with Crippen molar-refractivity contribution in [2.75, 3.05) is 19.6 Å². The molecule has 168 valence electrons. The number of aryl methyl sites for hydroxylation is 1. The molecule has 1 aliphatic rings. The van der Waals surface area contributed by atoms with Crippen molar-refractivity contribution >= 4 is 23.4 Å². The molecule has 0 aliphatic carbocycles. The van der Waals surface area contributed by atoms with Crippen LogP contribution in [0.5, 0.6) is 0 Å². The fraction of sp³-hybridized carbons (Fsp3) is 0.500. The summed E-state index contributed by atoms with van der Waals surface area (Å²) >= 11 is 5.88. The predicted molar refractivity (Wildman–Crippen MR) is 111 cm³/mol. The molecule has 2 amide bonds. The number of nitrogens with two attached hydrogens (primary N) is 1. The van der Waals surface area contributed by atoms with E-state index in [2.05, 4.69) is 15.5 Å². The molecule has 1 aliphatic heterocycles. The first-order valence-corrected chi connectivity index (χ1v) is 10.4. The molecule has 0 saturated carbocycles. The van der Waals surface area contributed by atoms with Crippen LogP contribution in [0.1, 0.15) is 41.9 Å². The van der Waals surface area contributed by atoms with E-state index in [1.54, 1.807) is 31.2 Å². The Morgan fingerprint density at radius 1 is 1.26 bits per heavy atom. The summed E-state index contributed by atoms with van der Waals surface area (Å²) in [6.07, 6.45) is 1.21. The second-order valence-corrected chi connectivity index (χ2v) is 8.06. The van der Waals surface area contributed by atoms with Crippen LogP contribution in [0, 0.1) is 6.92 Å². The molecule has 3 rings (SSSR count). The lowest BCUT2D eigenvalue weighted by Crippen LogP contribution is -2.43. The van der Waals surface area contributed by atoms with Crippen molar-refractivity contribution < 1.29 is 18.4 Å². The van der Waals surface area contributed by atoms with Crippen LogP contribution in [-0.4, -0.2) is 63.3 Å². The Morgan fingerprint density at radius 2 is 1.97 bits per heavy atom. The minimum atomic E-state index is -2.83. The van der Waals surface area contributed by atoms with Gasteiger partial charge in [-0.2, -0.15) is 9.90 Å². The quantitative estimate of drug-likeness (QED) is 0.595. The number of rotatable bonds is 8. The highest BCUT2D eigenvalue weighted by molar-refractivity contribution is 6.30. The Labute approximate surface area is 183 Å². The number of carbonyl (C=O) groups excluding carboxylic acids is 2. The Hall–Kier alpha value is -2.59. The van der Waals surface area contributed by atoms with Gasteiger partial charge >= 0.3 is 0 Å². The van der Waals surface area contributed by atoms with Gasteiger partial charge in [0.2, 0.25) is 5.91 Å². The molecule has 8 nitrogen and oxygen atoms in total. The van der Waals surface area contributed by atoms with Gasteiger partial charge in [-0.25, -0.2) is 8.78 Å². The van der Waals surface area contributed by atoms with Crippen LogP contribution in [-0.2, 0) is 4.79 Å². The number of nitrogens with one attached hydrogen (secondary N) is 1. The van der Waals surface area contributed by atoms with E-state index in [4.69, 9.17) is 17.3 Å². The molecule has 1 atom stereocenters. The average Bonchev–Trinajstić information content (AvgIpc) is 3.29. The fourth-order valence-electron chi connectivity index (χ4n) is 3.34. The molecular weight excluding hydrogens is 430 g/mol. The van der Waals surface area contributed by atoms with E-state index in [1.165, 1.54) is 4.80 Å². The third-order valence-corrected chi connectivity index (χ3v) is 5.33. The van der Waals surface area contributed by atoms with Crippen molar-refractivity contribution in [3.8, 4) is 5.69 Å². The summed E-state index contributed by atoms with van der Waals surface area (Å²) in [6.45, 7) is 1.53. The normalized spacial score (nSPS) is 16.4. The van der Waals surface area contributed by atoms with E-state index in [0.717, 1.165) is 4.90 Å². The number of aromatic nitrogens is 3. The van der Waals surface area contributed by atoms with Crippen molar-refractivity contribution in [1.82, 2.24) is 25.2 Å². The molecule has 1 aromatic heterocycles. The van der Waals surface area contributed by atoms with Gasteiger partial charge in [0.15, 0.2) is 5.69 Å². The molecule has 31 heavy (non-hydrogen) atoms. The van der Waals surface area contributed by atoms with Crippen molar-refractivity contribution in [3.05, 3.63) is 40.7 Å². The predicted octanol–water partition coefficient (Wildman–Crippen LogP) is 2.32. The van der Waals surface area contributed by atoms with Crippen LogP contribution in [0.3, 0.4) is 0 Å². The van der Waals surface area contributed by atoms with Gasteiger partial charge in [-0.05, 0) is 50.5 Å². The van der Waals surface area contributed by atoms with Gasteiger partial charge in [0, 0.05) is 24.5 Å². The number of halogens is 3. The number of hydrogen-bond acceptors (Lipinski definition) is 5. The standard InChI is InChI=1S/C20H25ClF2N6O2/c1-13-17(27-29(26-13)15-7-5-14(21)6-8-15)18(30)25-10-3-2-4-16(24)19(31)28-11-9-20(22,23)12-28/h5-8,16H,2-4,9-12,24H2,1H3,(H,25,30)/t16-/m0/s1. The molecule has 0 bridgehead atoms. The molecule has 3 N–H and O–H groups in total. The zero-order chi connectivity index (χ0) is 22.6. The SMILES string of the molecule is Cc1nn(-c2ccc(Cl)cc2)nc1C(=O)NCCCC[C@H](N)C(=O)N1CCC(F)(F)C1. The molecule has 11 heteroatoms. The molecule has 0 radical (unpaired) electrons. The van der Waals surface area contributed by atoms with Crippen LogP contribution >= 0.6 is 11.6 Å². The Balaban J connectivity index is 1.41. The maximum absolute atomic E-state index is 13.2. The van der Waals surface area contributed by atoms with Crippen LogP contribution in [0.2, 0.25) is 5.02 Å². The number of amides is 2. The minimum absolute atomic E-state index is 0.0334. The molecule has 0 unspecified atom stereocenters. The van der Waals surface area contributed by atoms with E-state index in [1.807, 2.05) is 0 Å². The van der Waals surface area contributed by atoms with Gasteiger partial charge in [0.1, 0.15) is 0 Å². The zero-order valence-corrected chi connectivity index (χ0v) is 17.9. The van der Waals surface area contributed by atoms with Crippen molar-refractivity contribution in [1.29, 1.82) is 0 Å². The second kappa shape index (κ2) is 9.69. The summed E-state index contributed by atoms with van der Waals surface area (Å²) in [5.41, 5.74) is 7.24. The van der Waals surface area contributed by atoms with E-state index < -0.39 is 24.4 Å². The first-order chi connectivity index (χ1) is 14.7. The number of likely N-dealkylation sites (tertiary alicyclic amines) is 1. The summed E-state index contributed by atoms with van der Waals surface area (Å²) in [6, 6.07) is 6.10. The van der Waals surface area contributed by atoms with Crippen molar-refractivity contribution in [2.45, 2.75) is 44.6 Å². The Morgan fingerprint density at radius 3 is 2.61 bits per heavy atom. The third-order valence-electron chi connectivity index (χ3n) is 5.08. The zero-order valence-electron chi connectivity index (χ0n) is 17.2. The third kappa shape index (κ3) is 5.98. The van der Waals surface area contributed by atoms with E-state index in [9.17, 15) is 18.4 Å². The molecule has 2 aromatic rings. The molecule has 1 saturated heterocycles. The largest absolute Gasteiger partial charge is 0.351 e. The first kappa shape index (κ1) is 23.1. The molecule has 0 spiro atoms. The molecule has 1 fully saturated rings. The average molecular weight is 455 g/mol. The van der Waals surface area contributed by atoms with Crippen molar-refractivity contribution in [3.63, 3.8) is 0 Å². The lowest BCUT2D eigenvalue weighted by Gasteiger charge is -2.20. The van der Waals surface area contributed by atoms with Gasteiger partial charge in [-0.15, -0.1) is 5.10 Å². The highest BCUT2D eigenvalue weighted by Gasteiger charge is 2.41.